The molecule has 2 N–H and O–H groups in total. The fourth-order valence-electron chi connectivity index (χ4n) is 4.62. The molecule has 0 spiro atoms. The summed E-state index contributed by atoms with van der Waals surface area (Å²) in [4.78, 5) is 42.5. The average molecular weight is 556 g/mol. The molecule has 7 nitrogen and oxygen atoms in total. The first-order valence-electron chi connectivity index (χ1n) is 13.6. The number of anilines is 1. The highest BCUT2D eigenvalue weighted by Gasteiger charge is 2.37. The topological polar surface area (TPSA) is 87.7 Å². The van der Waals surface area contributed by atoms with E-state index < -0.39 is 23.8 Å². The van der Waals surface area contributed by atoms with Crippen molar-refractivity contribution in [1.29, 1.82) is 0 Å². The lowest BCUT2D eigenvalue weighted by molar-refractivity contribution is -0.140. The molecule has 2 atom stereocenters. The molecule has 214 valence electrons. The van der Waals surface area contributed by atoms with Crippen molar-refractivity contribution in [2.75, 3.05) is 17.6 Å². The van der Waals surface area contributed by atoms with Crippen LogP contribution in [0.4, 0.5) is 10.5 Å². The van der Waals surface area contributed by atoms with E-state index in [4.69, 9.17) is 4.74 Å². The van der Waals surface area contributed by atoms with Crippen LogP contribution in [0.3, 0.4) is 0 Å². The summed E-state index contributed by atoms with van der Waals surface area (Å²) in [6.07, 6.45) is 1.86. The van der Waals surface area contributed by atoms with Crippen LogP contribution in [0.5, 0.6) is 0 Å². The van der Waals surface area contributed by atoms with Crippen molar-refractivity contribution in [3.05, 3.63) is 64.2 Å². The molecule has 2 unspecified atom stereocenters. The molecule has 39 heavy (non-hydrogen) atoms. The second kappa shape index (κ2) is 14.4. The predicted molar refractivity (Wildman–Crippen MR) is 161 cm³/mol. The number of nitrogens with zero attached hydrogens (tertiary/aromatic N) is 1. The summed E-state index contributed by atoms with van der Waals surface area (Å²) in [5.41, 5.74) is 4.49. The second-order valence-corrected chi connectivity index (χ2v) is 11.4. The third-order valence-electron chi connectivity index (χ3n) is 6.56. The molecule has 0 aliphatic rings. The Morgan fingerprint density at radius 2 is 1.46 bits per heavy atom. The van der Waals surface area contributed by atoms with Crippen molar-refractivity contribution < 1.29 is 19.1 Å². The molecule has 0 aliphatic heterocycles. The number of thiol groups is 1. The van der Waals surface area contributed by atoms with Gasteiger partial charge in [-0.15, -0.1) is 0 Å². The minimum absolute atomic E-state index is 0.0559. The number of hydrogen-bond acceptors (Lipinski definition) is 5. The molecule has 0 aliphatic carbocycles. The first-order chi connectivity index (χ1) is 18.3. The highest BCUT2D eigenvalue weighted by atomic mass is 32.1. The number of unbranched alkanes of at least 4 members (excludes halogenated alkanes) is 2. The minimum atomic E-state index is -0.968. The largest absolute Gasteiger partial charge is 0.444 e. The number of nitrogens with one attached hydrogen (secondary N) is 2. The van der Waals surface area contributed by atoms with Crippen LogP contribution < -0.4 is 10.6 Å². The van der Waals surface area contributed by atoms with Gasteiger partial charge in [0, 0.05) is 18.0 Å². The van der Waals surface area contributed by atoms with Crippen molar-refractivity contribution >= 4 is 36.2 Å². The van der Waals surface area contributed by atoms with Crippen molar-refractivity contribution in [3.8, 4) is 0 Å². The summed E-state index contributed by atoms with van der Waals surface area (Å²) in [6.45, 7) is 15.5. The van der Waals surface area contributed by atoms with Crippen LogP contribution in [0.25, 0.3) is 0 Å². The number of carbonyl (C=O) groups is 3. The maximum atomic E-state index is 14.2. The van der Waals surface area contributed by atoms with Gasteiger partial charge in [0.05, 0.1) is 0 Å². The third kappa shape index (κ3) is 9.02. The number of alkyl carbamates (subject to hydrolysis) is 1. The molecule has 0 aromatic heterocycles. The van der Waals surface area contributed by atoms with Gasteiger partial charge in [-0.3, -0.25) is 9.59 Å². The van der Waals surface area contributed by atoms with E-state index >= 15 is 0 Å². The Balaban J connectivity index is 2.60. The summed E-state index contributed by atoms with van der Waals surface area (Å²) in [7, 11) is 0. The van der Waals surface area contributed by atoms with Gasteiger partial charge in [0.15, 0.2) is 0 Å². The Morgan fingerprint density at radius 3 is 1.95 bits per heavy atom. The molecule has 2 rings (SSSR count). The van der Waals surface area contributed by atoms with Crippen LogP contribution >= 0.6 is 12.6 Å². The van der Waals surface area contributed by atoms with Crippen LogP contribution in [-0.4, -0.2) is 46.7 Å². The zero-order valence-electron chi connectivity index (χ0n) is 24.7. The predicted octanol–water partition coefficient (Wildman–Crippen LogP) is 6.44. The van der Waals surface area contributed by atoms with E-state index in [1.165, 1.54) is 0 Å². The molecule has 0 heterocycles. The number of rotatable bonds is 11. The summed E-state index contributed by atoms with van der Waals surface area (Å²) >= 11 is 4.38. The van der Waals surface area contributed by atoms with Crippen molar-refractivity contribution in [3.63, 3.8) is 0 Å². The van der Waals surface area contributed by atoms with Crippen LogP contribution in [0, 0.1) is 27.7 Å². The van der Waals surface area contributed by atoms with Gasteiger partial charge in [-0.05, 0) is 82.7 Å². The Bertz CT molecular complexity index is 1120. The maximum absolute atomic E-state index is 14.2. The van der Waals surface area contributed by atoms with E-state index in [9.17, 15) is 14.4 Å². The van der Waals surface area contributed by atoms with Crippen molar-refractivity contribution in [2.45, 2.75) is 92.3 Å². The monoisotopic (exact) mass is 555 g/mol. The zero-order valence-corrected chi connectivity index (χ0v) is 25.6. The zero-order chi connectivity index (χ0) is 29.3. The van der Waals surface area contributed by atoms with Gasteiger partial charge in [-0.2, -0.15) is 12.6 Å². The van der Waals surface area contributed by atoms with Gasteiger partial charge in [-0.1, -0.05) is 56.2 Å². The molecule has 0 saturated heterocycles. The third-order valence-corrected chi connectivity index (χ3v) is 6.93. The summed E-state index contributed by atoms with van der Waals surface area (Å²) in [5.74, 6) is -0.624. The second-order valence-electron chi connectivity index (χ2n) is 11.1. The highest BCUT2D eigenvalue weighted by Crippen LogP contribution is 2.31. The quantitative estimate of drug-likeness (QED) is 0.220. The number of para-hydroxylation sites is 1. The van der Waals surface area contributed by atoms with Crippen molar-refractivity contribution in [1.82, 2.24) is 10.2 Å². The van der Waals surface area contributed by atoms with Crippen LogP contribution in [0.15, 0.2) is 36.4 Å². The van der Waals surface area contributed by atoms with Gasteiger partial charge < -0.3 is 20.3 Å². The van der Waals surface area contributed by atoms with Gasteiger partial charge in [0.2, 0.25) is 5.91 Å². The van der Waals surface area contributed by atoms with E-state index in [2.05, 4.69) is 30.2 Å². The van der Waals surface area contributed by atoms with Crippen LogP contribution in [0.2, 0.25) is 0 Å². The Hall–Kier alpha value is -3.00. The van der Waals surface area contributed by atoms with E-state index in [1.807, 2.05) is 64.1 Å². The van der Waals surface area contributed by atoms with Gasteiger partial charge in [0.25, 0.3) is 5.91 Å². The molecule has 0 radical (unpaired) electrons. The average Bonchev–Trinajstić information content (AvgIpc) is 2.84. The number of carbonyl (C=O) groups excluding carboxylic acids is 3. The maximum Gasteiger partial charge on any atom is 0.408 e. The van der Waals surface area contributed by atoms with E-state index in [0.29, 0.717) is 13.0 Å². The molecule has 0 saturated carbocycles. The molecule has 2 aromatic carbocycles. The molecule has 3 amide bonds. The van der Waals surface area contributed by atoms with Crippen LogP contribution in [-0.2, 0) is 14.3 Å². The lowest BCUT2D eigenvalue weighted by atomic mass is 9.93. The van der Waals surface area contributed by atoms with E-state index in [0.717, 1.165) is 46.3 Å². The van der Waals surface area contributed by atoms with Gasteiger partial charge >= 0.3 is 6.09 Å². The summed E-state index contributed by atoms with van der Waals surface area (Å²) < 4.78 is 5.40. The first kappa shape index (κ1) is 32.2. The van der Waals surface area contributed by atoms with Gasteiger partial charge in [0.1, 0.15) is 17.7 Å². The summed E-state index contributed by atoms with van der Waals surface area (Å²) in [5, 5.41) is 5.80. The fourth-order valence-corrected chi connectivity index (χ4v) is 4.87. The molecular weight excluding hydrogens is 510 g/mol. The van der Waals surface area contributed by atoms with E-state index in [1.54, 1.807) is 25.7 Å². The number of aryl methyl sites for hydroxylation is 4. The summed E-state index contributed by atoms with van der Waals surface area (Å²) in [6, 6.07) is 9.81. The molecule has 2 aromatic rings. The van der Waals surface area contributed by atoms with Crippen LogP contribution in [0.1, 0.15) is 80.8 Å². The minimum Gasteiger partial charge on any atom is -0.444 e. The standard InChI is InChI=1S/C31H45N3O4S/c1-9-10-11-18-34(29(36)24(19-39)32-30(37)38-31(6,7)8)27(25-20(2)14-12-15-21(25)3)28(35)33-26-22(4)16-13-17-23(26)5/h12-17,24,27,39H,9-11,18-19H2,1-8H3,(H,32,37)(H,33,35). The van der Waals surface area contributed by atoms with Crippen molar-refractivity contribution in [2.24, 2.45) is 0 Å². The number of benzene rings is 2. The molecule has 0 bridgehead atoms. The number of amides is 3. The highest BCUT2D eigenvalue weighted by molar-refractivity contribution is 7.80. The molecule has 0 fully saturated rings. The van der Waals surface area contributed by atoms with E-state index in [-0.39, 0.29) is 17.6 Å². The Labute approximate surface area is 239 Å². The first-order valence-corrected chi connectivity index (χ1v) is 14.3. The fraction of sp³-hybridized carbons (Fsp3) is 0.516. The van der Waals surface area contributed by atoms with Gasteiger partial charge in [-0.25, -0.2) is 4.79 Å². The molecule has 8 heteroatoms. The number of ether oxygens (including phenoxy) is 1. The SMILES string of the molecule is CCCCCN(C(=O)C(CS)NC(=O)OC(C)(C)C)C(C(=O)Nc1c(C)cccc1C)c1c(C)cccc1C. The smallest absolute Gasteiger partial charge is 0.408 e. The Kier molecular flexibility index (Phi) is 11.9. The Morgan fingerprint density at radius 1 is 0.923 bits per heavy atom. The molecular formula is C31H45N3O4S. The lowest BCUT2D eigenvalue weighted by Gasteiger charge is -2.35. The normalized spacial score (nSPS) is 12.8. The number of hydrogen-bond donors (Lipinski definition) is 3. The lowest BCUT2D eigenvalue weighted by Crippen LogP contribution is -2.53.